The van der Waals surface area contributed by atoms with Crippen LogP contribution in [0.15, 0.2) is 104 Å². The SMILES string of the molecule is C=CCNC(=O)C1C(c2ccccc2)=C(c2ccccc2)C(=O)N1CC(=O)NCCc1c[nH]c2ccccc12. The fourth-order valence-corrected chi connectivity index (χ4v) is 5.06. The summed E-state index contributed by atoms with van der Waals surface area (Å²) in [6, 6.07) is 25.7. The summed E-state index contributed by atoms with van der Waals surface area (Å²) < 4.78 is 0. The Labute approximate surface area is 227 Å². The number of carbonyl (C=O) groups is 3. The Hall–Kier alpha value is -4.91. The van der Waals surface area contributed by atoms with Gasteiger partial charge in [-0.05, 0) is 29.2 Å². The molecule has 39 heavy (non-hydrogen) atoms. The normalized spacial score (nSPS) is 15.0. The second-order valence-corrected chi connectivity index (χ2v) is 9.35. The number of hydrogen-bond donors (Lipinski definition) is 3. The van der Waals surface area contributed by atoms with Gasteiger partial charge in [0.1, 0.15) is 12.6 Å². The number of hydrogen-bond acceptors (Lipinski definition) is 3. The molecule has 4 aromatic rings. The third kappa shape index (κ3) is 5.38. The topological polar surface area (TPSA) is 94.3 Å². The molecule has 0 fully saturated rings. The number of fused-ring (bicyclic) bond motifs is 1. The van der Waals surface area contributed by atoms with Crippen molar-refractivity contribution >= 4 is 39.8 Å². The van der Waals surface area contributed by atoms with Crippen LogP contribution in [0, 0.1) is 0 Å². The standard InChI is InChI=1S/C32H30N4O3/c1-2-18-34-31(38)30-28(22-11-5-3-6-12-22)29(23-13-7-4-8-14-23)32(39)36(30)21-27(37)33-19-17-24-20-35-26-16-10-9-15-25(24)26/h2-16,20,30,35H,1,17-19,21H2,(H,33,37)(H,34,38). The van der Waals surface area contributed by atoms with Crippen LogP contribution in [-0.2, 0) is 20.8 Å². The average Bonchev–Trinajstić information content (AvgIpc) is 3.51. The van der Waals surface area contributed by atoms with E-state index in [2.05, 4.69) is 22.2 Å². The molecule has 0 bridgehead atoms. The molecule has 3 amide bonds. The van der Waals surface area contributed by atoms with Gasteiger partial charge in [0.2, 0.25) is 11.8 Å². The summed E-state index contributed by atoms with van der Waals surface area (Å²) in [4.78, 5) is 45.1. The Morgan fingerprint density at radius 2 is 1.56 bits per heavy atom. The van der Waals surface area contributed by atoms with E-state index in [1.54, 1.807) is 6.08 Å². The minimum absolute atomic E-state index is 0.244. The molecular formula is C32H30N4O3. The molecule has 3 aromatic carbocycles. The maximum absolute atomic E-state index is 13.9. The first kappa shape index (κ1) is 25.7. The van der Waals surface area contributed by atoms with Gasteiger partial charge in [-0.2, -0.15) is 0 Å². The first-order valence-electron chi connectivity index (χ1n) is 12.9. The first-order chi connectivity index (χ1) is 19.1. The molecule has 0 spiro atoms. The predicted octanol–water partition coefficient (Wildman–Crippen LogP) is 3.95. The van der Waals surface area contributed by atoms with Crippen molar-refractivity contribution in [2.24, 2.45) is 0 Å². The third-order valence-corrected chi connectivity index (χ3v) is 6.85. The molecule has 7 nitrogen and oxygen atoms in total. The highest BCUT2D eigenvalue weighted by molar-refractivity contribution is 6.34. The van der Waals surface area contributed by atoms with Gasteiger partial charge in [-0.1, -0.05) is 84.9 Å². The fourth-order valence-electron chi connectivity index (χ4n) is 5.06. The number of benzene rings is 3. The number of aromatic nitrogens is 1. The monoisotopic (exact) mass is 518 g/mol. The number of rotatable bonds is 10. The maximum atomic E-state index is 13.9. The molecule has 196 valence electrons. The van der Waals surface area contributed by atoms with E-state index >= 15 is 0 Å². The van der Waals surface area contributed by atoms with Gasteiger partial charge < -0.3 is 20.5 Å². The van der Waals surface area contributed by atoms with Crippen LogP contribution in [0.1, 0.15) is 16.7 Å². The van der Waals surface area contributed by atoms with Gasteiger partial charge in [0.15, 0.2) is 0 Å². The molecule has 1 atom stereocenters. The van der Waals surface area contributed by atoms with E-state index in [0.717, 1.165) is 22.0 Å². The van der Waals surface area contributed by atoms with E-state index in [1.165, 1.54) is 4.90 Å². The van der Waals surface area contributed by atoms with Gasteiger partial charge in [0.05, 0.1) is 5.57 Å². The minimum Gasteiger partial charge on any atom is -0.361 e. The molecule has 0 saturated heterocycles. The Kier molecular flexibility index (Phi) is 7.68. The van der Waals surface area contributed by atoms with Crippen LogP contribution in [0.25, 0.3) is 22.0 Å². The fraction of sp³-hybridized carbons (Fsp3) is 0.156. The Morgan fingerprint density at radius 1 is 0.897 bits per heavy atom. The molecule has 0 radical (unpaired) electrons. The zero-order valence-corrected chi connectivity index (χ0v) is 21.5. The smallest absolute Gasteiger partial charge is 0.256 e. The average molecular weight is 519 g/mol. The lowest BCUT2D eigenvalue weighted by Gasteiger charge is -2.26. The number of aromatic amines is 1. The summed E-state index contributed by atoms with van der Waals surface area (Å²) in [6.45, 7) is 4.09. The van der Waals surface area contributed by atoms with Gasteiger partial charge >= 0.3 is 0 Å². The lowest BCUT2D eigenvalue weighted by atomic mass is 9.92. The van der Waals surface area contributed by atoms with Crippen molar-refractivity contribution in [2.45, 2.75) is 12.5 Å². The molecule has 2 heterocycles. The quantitative estimate of drug-likeness (QED) is 0.278. The summed E-state index contributed by atoms with van der Waals surface area (Å²) in [5.41, 5.74) is 4.61. The van der Waals surface area contributed by atoms with E-state index in [1.807, 2.05) is 91.1 Å². The van der Waals surface area contributed by atoms with Gasteiger partial charge in [-0.15, -0.1) is 6.58 Å². The summed E-state index contributed by atoms with van der Waals surface area (Å²) in [5.74, 6) is -1.04. The van der Waals surface area contributed by atoms with Crippen molar-refractivity contribution in [3.63, 3.8) is 0 Å². The van der Waals surface area contributed by atoms with Gasteiger partial charge in [0.25, 0.3) is 5.91 Å². The first-order valence-corrected chi connectivity index (χ1v) is 12.9. The van der Waals surface area contributed by atoms with E-state index in [0.29, 0.717) is 29.7 Å². The van der Waals surface area contributed by atoms with Crippen LogP contribution in [0.4, 0.5) is 0 Å². The molecule has 1 aliphatic heterocycles. The van der Waals surface area contributed by atoms with Gasteiger partial charge in [0, 0.05) is 35.8 Å². The van der Waals surface area contributed by atoms with Crippen molar-refractivity contribution < 1.29 is 14.4 Å². The molecule has 5 rings (SSSR count). The number of carbonyl (C=O) groups excluding carboxylic acids is 3. The summed E-state index contributed by atoms with van der Waals surface area (Å²) in [7, 11) is 0. The number of H-pyrrole nitrogens is 1. The van der Waals surface area contributed by atoms with Crippen molar-refractivity contribution in [2.75, 3.05) is 19.6 Å². The lowest BCUT2D eigenvalue weighted by molar-refractivity contribution is -0.136. The highest BCUT2D eigenvalue weighted by Gasteiger charge is 2.44. The zero-order chi connectivity index (χ0) is 27.2. The highest BCUT2D eigenvalue weighted by atomic mass is 16.2. The Bertz CT molecular complexity index is 1540. The zero-order valence-electron chi connectivity index (χ0n) is 21.5. The lowest BCUT2D eigenvalue weighted by Crippen LogP contribution is -2.50. The van der Waals surface area contributed by atoms with Crippen molar-refractivity contribution in [1.82, 2.24) is 20.5 Å². The van der Waals surface area contributed by atoms with Crippen LogP contribution in [0.2, 0.25) is 0 Å². The predicted molar refractivity (Wildman–Crippen MR) is 153 cm³/mol. The minimum atomic E-state index is -0.963. The van der Waals surface area contributed by atoms with Crippen LogP contribution in [-0.4, -0.2) is 53.3 Å². The molecule has 0 aliphatic carbocycles. The van der Waals surface area contributed by atoms with E-state index in [-0.39, 0.29) is 30.8 Å². The van der Waals surface area contributed by atoms with Crippen molar-refractivity contribution in [1.29, 1.82) is 0 Å². The third-order valence-electron chi connectivity index (χ3n) is 6.85. The summed E-state index contributed by atoms with van der Waals surface area (Å²) >= 11 is 0. The number of amides is 3. The second-order valence-electron chi connectivity index (χ2n) is 9.35. The number of nitrogens with one attached hydrogen (secondary N) is 3. The Morgan fingerprint density at radius 3 is 2.28 bits per heavy atom. The van der Waals surface area contributed by atoms with E-state index in [9.17, 15) is 14.4 Å². The van der Waals surface area contributed by atoms with Crippen LogP contribution >= 0.6 is 0 Å². The van der Waals surface area contributed by atoms with E-state index in [4.69, 9.17) is 0 Å². The molecule has 7 heteroatoms. The largest absolute Gasteiger partial charge is 0.361 e. The van der Waals surface area contributed by atoms with Crippen LogP contribution in [0.3, 0.4) is 0 Å². The van der Waals surface area contributed by atoms with Crippen molar-refractivity contribution in [3.8, 4) is 0 Å². The Balaban J connectivity index is 1.41. The van der Waals surface area contributed by atoms with Gasteiger partial charge in [-0.25, -0.2) is 0 Å². The molecular weight excluding hydrogens is 488 g/mol. The summed E-state index contributed by atoms with van der Waals surface area (Å²) in [5, 5.41) is 6.88. The molecule has 1 aromatic heterocycles. The summed E-state index contributed by atoms with van der Waals surface area (Å²) in [6.07, 6.45) is 4.17. The molecule has 1 aliphatic rings. The van der Waals surface area contributed by atoms with Crippen LogP contribution < -0.4 is 10.6 Å². The second kappa shape index (κ2) is 11.6. The van der Waals surface area contributed by atoms with Crippen LogP contribution in [0.5, 0.6) is 0 Å². The number of nitrogens with zero attached hydrogens (tertiary/aromatic N) is 1. The maximum Gasteiger partial charge on any atom is 0.256 e. The number of para-hydroxylation sites is 1. The van der Waals surface area contributed by atoms with E-state index < -0.39 is 6.04 Å². The van der Waals surface area contributed by atoms with Crippen molar-refractivity contribution in [3.05, 3.63) is 120 Å². The highest BCUT2D eigenvalue weighted by Crippen LogP contribution is 2.39. The molecule has 1 unspecified atom stereocenters. The van der Waals surface area contributed by atoms with Gasteiger partial charge in [-0.3, -0.25) is 14.4 Å². The molecule has 0 saturated carbocycles. The molecule has 3 N–H and O–H groups in total.